The third kappa shape index (κ3) is 2.53. The zero-order valence-electron chi connectivity index (χ0n) is 12.0. The van der Waals surface area contributed by atoms with Gasteiger partial charge in [-0.15, -0.1) is 0 Å². The molecule has 1 aromatic heterocycles. The van der Waals surface area contributed by atoms with Crippen LogP contribution in [0.25, 0.3) is 11.0 Å². The van der Waals surface area contributed by atoms with E-state index in [1.807, 2.05) is 6.92 Å². The van der Waals surface area contributed by atoms with Crippen LogP contribution in [0.3, 0.4) is 0 Å². The molecular weight excluding hydrogens is 271 g/mol. The van der Waals surface area contributed by atoms with E-state index in [9.17, 15) is 9.18 Å². The van der Waals surface area contributed by atoms with Gasteiger partial charge in [-0.25, -0.2) is 4.39 Å². The number of carbonyl (C=O) groups excluding carboxylic acids is 1. The Labute approximate surface area is 122 Å². The predicted octanol–water partition coefficient (Wildman–Crippen LogP) is 2.77. The standard InChI is InChI=1S/C16H19FN2O2/c1-10-12-8-11(17)4-5-13(12)21-14(10)9-19-15(20)16(18)6-2-3-7-16/h4-5,8H,2-3,6-7,9,18H2,1H3,(H,19,20). The summed E-state index contributed by atoms with van der Waals surface area (Å²) in [4.78, 5) is 12.2. The maximum absolute atomic E-state index is 13.3. The van der Waals surface area contributed by atoms with E-state index in [-0.39, 0.29) is 18.3 Å². The highest BCUT2D eigenvalue weighted by atomic mass is 19.1. The Kier molecular flexibility index (Phi) is 3.45. The molecule has 0 bridgehead atoms. The lowest BCUT2D eigenvalue weighted by Crippen LogP contribution is -2.51. The van der Waals surface area contributed by atoms with Crippen molar-refractivity contribution >= 4 is 16.9 Å². The molecule has 1 heterocycles. The third-order valence-electron chi connectivity index (χ3n) is 4.35. The molecule has 0 unspecified atom stereocenters. The van der Waals surface area contributed by atoms with Crippen molar-refractivity contribution in [1.29, 1.82) is 0 Å². The van der Waals surface area contributed by atoms with Crippen molar-refractivity contribution in [3.8, 4) is 0 Å². The molecule has 112 valence electrons. The summed E-state index contributed by atoms with van der Waals surface area (Å²) in [7, 11) is 0. The quantitative estimate of drug-likeness (QED) is 0.913. The minimum absolute atomic E-state index is 0.133. The van der Waals surface area contributed by atoms with E-state index in [1.165, 1.54) is 12.1 Å². The molecular formula is C16H19FN2O2. The fraction of sp³-hybridized carbons (Fsp3) is 0.438. The van der Waals surface area contributed by atoms with Crippen LogP contribution in [-0.4, -0.2) is 11.4 Å². The van der Waals surface area contributed by atoms with Crippen LogP contribution >= 0.6 is 0 Å². The minimum Gasteiger partial charge on any atom is -0.459 e. The van der Waals surface area contributed by atoms with Crippen molar-refractivity contribution in [2.24, 2.45) is 5.73 Å². The molecule has 21 heavy (non-hydrogen) atoms. The van der Waals surface area contributed by atoms with Crippen molar-refractivity contribution in [3.63, 3.8) is 0 Å². The SMILES string of the molecule is Cc1c(CNC(=O)C2(N)CCCC2)oc2ccc(F)cc12. The smallest absolute Gasteiger partial charge is 0.240 e. The largest absolute Gasteiger partial charge is 0.459 e. The topological polar surface area (TPSA) is 68.3 Å². The number of hydrogen-bond donors (Lipinski definition) is 2. The lowest BCUT2D eigenvalue weighted by Gasteiger charge is -2.21. The number of aryl methyl sites for hydroxylation is 1. The number of furan rings is 1. The first-order valence-corrected chi connectivity index (χ1v) is 7.24. The molecule has 0 atom stereocenters. The van der Waals surface area contributed by atoms with E-state index in [0.717, 1.165) is 36.6 Å². The van der Waals surface area contributed by atoms with Crippen molar-refractivity contribution in [2.75, 3.05) is 0 Å². The number of halogens is 1. The number of nitrogens with one attached hydrogen (secondary N) is 1. The van der Waals surface area contributed by atoms with Gasteiger partial charge in [0.15, 0.2) is 0 Å². The van der Waals surface area contributed by atoms with E-state index < -0.39 is 5.54 Å². The van der Waals surface area contributed by atoms with Gasteiger partial charge in [-0.3, -0.25) is 4.79 Å². The van der Waals surface area contributed by atoms with Crippen LogP contribution in [0.1, 0.15) is 37.0 Å². The van der Waals surface area contributed by atoms with E-state index in [1.54, 1.807) is 6.07 Å². The highest BCUT2D eigenvalue weighted by molar-refractivity contribution is 5.86. The summed E-state index contributed by atoms with van der Waals surface area (Å²) in [6, 6.07) is 4.41. The van der Waals surface area contributed by atoms with Gasteiger partial charge in [0, 0.05) is 10.9 Å². The number of carbonyl (C=O) groups is 1. The molecule has 5 heteroatoms. The Morgan fingerprint density at radius 3 is 2.86 bits per heavy atom. The van der Waals surface area contributed by atoms with E-state index in [4.69, 9.17) is 10.2 Å². The minimum atomic E-state index is -0.744. The number of amides is 1. The van der Waals surface area contributed by atoms with Crippen LogP contribution in [0.15, 0.2) is 22.6 Å². The molecule has 4 nitrogen and oxygen atoms in total. The lowest BCUT2D eigenvalue weighted by molar-refractivity contribution is -0.126. The molecule has 0 saturated heterocycles. The molecule has 1 saturated carbocycles. The second-order valence-corrected chi connectivity index (χ2v) is 5.84. The van der Waals surface area contributed by atoms with Gasteiger partial charge in [-0.05, 0) is 38.0 Å². The number of benzene rings is 1. The number of fused-ring (bicyclic) bond motifs is 1. The van der Waals surface area contributed by atoms with E-state index >= 15 is 0 Å². The van der Waals surface area contributed by atoms with Crippen molar-refractivity contribution in [3.05, 3.63) is 35.3 Å². The maximum atomic E-state index is 13.3. The first-order valence-electron chi connectivity index (χ1n) is 7.24. The number of hydrogen-bond acceptors (Lipinski definition) is 3. The summed E-state index contributed by atoms with van der Waals surface area (Å²) in [5.41, 5.74) is 6.84. The molecule has 1 aliphatic carbocycles. The summed E-state index contributed by atoms with van der Waals surface area (Å²) >= 11 is 0. The highest BCUT2D eigenvalue weighted by Gasteiger charge is 2.36. The number of rotatable bonds is 3. The monoisotopic (exact) mass is 290 g/mol. The number of nitrogens with two attached hydrogens (primary N) is 1. The summed E-state index contributed by atoms with van der Waals surface area (Å²) in [6.45, 7) is 2.14. The van der Waals surface area contributed by atoms with Crippen LogP contribution in [0.5, 0.6) is 0 Å². The Bertz CT molecular complexity index is 687. The second-order valence-electron chi connectivity index (χ2n) is 5.84. The first-order chi connectivity index (χ1) is 9.99. The molecule has 1 amide bonds. The van der Waals surface area contributed by atoms with Crippen molar-refractivity contribution in [2.45, 2.75) is 44.7 Å². The first kappa shape index (κ1) is 14.1. The molecule has 1 aliphatic rings. The molecule has 3 rings (SSSR count). The molecule has 2 aromatic rings. The summed E-state index contributed by atoms with van der Waals surface area (Å²) in [5, 5.41) is 3.58. The van der Waals surface area contributed by atoms with Gasteiger partial charge in [-0.2, -0.15) is 0 Å². The van der Waals surface area contributed by atoms with Crippen LogP contribution in [-0.2, 0) is 11.3 Å². The van der Waals surface area contributed by atoms with Gasteiger partial charge in [-0.1, -0.05) is 12.8 Å². The molecule has 3 N–H and O–H groups in total. The van der Waals surface area contributed by atoms with Crippen molar-refractivity contribution < 1.29 is 13.6 Å². The van der Waals surface area contributed by atoms with E-state index in [0.29, 0.717) is 11.3 Å². The van der Waals surface area contributed by atoms with Crippen molar-refractivity contribution in [1.82, 2.24) is 5.32 Å². The zero-order chi connectivity index (χ0) is 15.0. The second kappa shape index (κ2) is 5.15. The van der Waals surface area contributed by atoms with Crippen LogP contribution in [0, 0.1) is 12.7 Å². The fourth-order valence-corrected chi connectivity index (χ4v) is 2.98. The van der Waals surface area contributed by atoms with Gasteiger partial charge >= 0.3 is 0 Å². The highest BCUT2D eigenvalue weighted by Crippen LogP contribution is 2.28. The van der Waals surface area contributed by atoms with Crippen LogP contribution < -0.4 is 11.1 Å². The van der Waals surface area contributed by atoms with Gasteiger partial charge in [0.25, 0.3) is 0 Å². The normalized spacial score (nSPS) is 17.3. The zero-order valence-corrected chi connectivity index (χ0v) is 12.0. The average Bonchev–Trinajstić information content (AvgIpc) is 3.03. The van der Waals surface area contributed by atoms with E-state index in [2.05, 4.69) is 5.32 Å². The summed E-state index contributed by atoms with van der Waals surface area (Å²) < 4.78 is 18.9. The molecule has 0 radical (unpaired) electrons. The van der Waals surface area contributed by atoms with Gasteiger partial charge in [0.2, 0.25) is 5.91 Å². The van der Waals surface area contributed by atoms with Crippen LogP contribution in [0.2, 0.25) is 0 Å². The Balaban J connectivity index is 1.76. The third-order valence-corrected chi connectivity index (χ3v) is 4.35. The van der Waals surface area contributed by atoms with Gasteiger partial charge < -0.3 is 15.5 Å². The fourth-order valence-electron chi connectivity index (χ4n) is 2.98. The molecule has 0 spiro atoms. The Morgan fingerprint density at radius 2 is 2.14 bits per heavy atom. The molecule has 1 aromatic carbocycles. The lowest BCUT2D eigenvalue weighted by atomic mass is 9.98. The summed E-state index contributed by atoms with van der Waals surface area (Å²) in [6.07, 6.45) is 3.44. The van der Waals surface area contributed by atoms with Crippen LogP contribution in [0.4, 0.5) is 4.39 Å². The van der Waals surface area contributed by atoms with Gasteiger partial charge in [0.05, 0.1) is 12.1 Å². The maximum Gasteiger partial charge on any atom is 0.240 e. The molecule has 1 fully saturated rings. The molecule has 0 aliphatic heterocycles. The predicted molar refractivity (Wildman–Crippen MR) is 78.1 cm³/mol. The average molecular weight is 290 g/mol. The van der Waals surface area contributed by atoms with Gasteiger partial charge in [0.1, 0.15) is 17.2 Å². The Hall–Kier alpha value is -1.88. The summed E-state index contributed by atoms with van der Waals surface area (Å²) in [5.74, 6) is 0.213. The Morgan fingerprint density at radius 1 is 1.43 bits per heavy atom.